The SMILES string of the molecule is Cc1ccc(Nc2nc(-c3ccc(C(=O)N/N=C\c4ccc(OCc5ccc(Cl)cc5Cl)c(I)c4)cc3)cs2)cc1. The van der Waals surface area contributed by atoms with E-state index in [9.17, 15) is 4.79 Å². The molecular weight excluding hydrogens is 690 g/mol. The maximum Gasteiger partial charge on any atom is 0.271 e. The van der Waals surface area contributed by atoms with E-state index in [-0.39, 0.29) is 5.91 Å². The van der Waals surface area contributed by atoms with Gasteiger partial charge in [0.15, 0.2) is 5.13 Å². The molecule has 0 spiro atoms. The van der Waals surface area contributed by atoms with Crippen molar-refractivity contribution in [3.63, 3.8) is 0 Å². The second kappa shape index (κ2) is 13.5. The summed E-state index contributed by atoms with van der Waals surface area (Å²) in [6, 6.07) is 26.4. The molecule has 5 rings (SSSR count). The van der Waals surface area contributed by atoms with Crippen LogP contribution in [0.5, 0.6) is 5.75 Å². The summed E-state index contributed by atoms with van der Waals surface area (Å²) in [6.45, 7) is 2.38. The number of thiazole rings is 1. The second-order valence-corrected chi connectivity index (χ2v) is 11.9. The molecule has 0 saturated heterocycles. The molecule has 4 aromatic carbocycles. The first kappa shape index (κ1) is 29.1. The number of hydrogen-bond donors (Lipinski definition) is 2. The number of benzene rings is 4. The quantitative estimate of drug-likeness (QED) is 0.0909. The Labute approximate surface area is 265 Å². The molecule has 0 radical (unpaired) electrons. The third-order valence-electron chi connectivity index (χ3n) is 5.98. The number of rotatable bonds is 9. The van der Waals surface area contributed by atoms with Crippen LogP contribution in [-0.4, -0.2) is 17.1 Å². The van der Waals surface area contributed by atoms with Crippen LogP contribution < -0.4 is 15.5 Å². The molecule has 1 aromatic heterocycles. The van der Waals surface area contributed by atoms with Gasteiger partial charge in [0, 0.05) is 37.8 Å². The highest BCUT2D eigenvalue weighted by Crippen LogP contribution is 2.28. The Hall–Kier alpha value is -3.44. The topological polar surface area (TPSA) is 75.6 Å². The highest BCUT2D eigenvalue weighted by molar-refractivity contribution is 14.1. The Balaban J connectivity index is 1.14. The Bertz CT molecular complexity index is 1710. The number of nitrogens with zero attached hydrogens (tertiary/aromatic N) is 2. The maximum atomic E-state index is 12.6. The highest BCUT2D eigenvalue weighted by atomic mass is 127. The van der Waals surface area contributed by atoms with Gasteiger partial charge in [-0.2, -0.15) is 5.10 Å². The molecule has 0 unspecified atom stereocenters. The van der Waals surface area contributed by atoms with Crippen molar-refractivity contribution in [2.75, 3.05) is 5.32 Å². The molecule has 41 heavy (non-hydrogen) atoms. The van der Waals surface area contributed by atoms with Crippen molar-refractivity contribution in [3.8, 4) is 17.0 Å². The summed E-state index contributed by atoms with van der Waals surface area (Å²) >= 11 is 15.9. The van der Waals surface area contributed by atoms with Crippen LogP contribution in [0.25, 0.3) is 11.3 Å². The number of ether oxygens (including phenoxy) is 1. The highest BCUT2D eigenvalue weighted by Gasteiger charge is 2.09. The van der Waals surface area contributed by atoms with Crippen molar-refractivity contribution >= 4 is 80.1 Å². The fourth-order valence-corrected chi connectivity index (χ4v) is 5.65. The van der Waals surface area contributed by atoms with Crippen LogP contribution in [0.4, 0.5) is 10.8 Å². The first-order valence-corrected chi connectivity index (χ1v) is 15.1. The fourth-order valence-electron chi connectivity index (χ4n) is 3.76. The van der Waals surface area contributed by atoms with Crippen molar-refractivity contribution < 1.29 is 9.53 Å². The predicted octanol–water partition coefficient (Wildman–Crippen LogP) is 9.12. The molecule has 0 aliphatic carbocycles. The van der Waals surface area contributed by atoms with E-state index in [4.69, 9.17) is 27.9 Å². The molecule has 0 aliphatic rings. The summed E-state index contributed by atoms with van der Waals surface area (Å²) in [4.78, 5) is 17.3. The molecule has 6 nitrogen and oxygen atoms in total. The van der Waals surface area contributed by atoms with Gasteiger partial charge in [0.05, 0.1) is 15.5 Å². The molecule has 0 aliphatic heterocycles. The van der Waals surface area contributed by atoms with Crippen molar-refractivity contribution in [2.24, 2.45) is 5.10 Å². The molecule has 0 bridgehead atoms. The summed E-state index contributed by atoms with van der Waals surface area (Å²) in [5.41, 5.74) is 8.71. The molecule has 0 fully saturated rings. The first-order chi connectivity index (χ1) is 19.8. The van der Waals surface area contributed by atoms with E-state index in [1.54, 1.807) is 30.5 Å². The molecule has 0 saturated carbocycles. The average molecular weight is 713 g/mol. The monoisotopic (exact) mass is 712 g/mol. The van der Waals surface area contributed by atoms with Gasteiger partial charge >= 0.3 is 0 Å². The van der Waals surface area contributed by atoms with Crippen LogP contribution in [0.3, 0.4) is 0 Å². The number of carbonyl (C=O) groups excluding carboxylic acids is 1. The van der Waals surface area contributed by atoms with Crippen molar-refractivity contribution in [2.45, 2.75) is 13.5 Å². The van der Waals surface area contributed by atoms with Crippen molar-refractivity contribution in [1.29, 1.82) is 0 Å². The van der Waals surface area contributed by atoms with E-state index in [0.717, 1.165) is 42.5 Å². The minimum Gasteiger partial charge on any atom is -0.488 e. The van der Waals surface area contributed by atoms with Crippen molar-refractivity contribution in [3.05, 3.63) is 126 Å². The Kier molecular flexibility index (Phi) is 9.56. The van der Waals surface area contributed by atoms with Gasteiger partial charge in [-0.1, -0.05) is 59.1 Å². The number of aromatic nitrogens is 1. The maximum absolute atomic E-state index is 12.6. The number of amides is 1. The summed E-state index contributed by atoms with van der Waals surface area (Å²) < 4.78 is 6.82. The third kappa shape index (κ3) is 7.85. The lowest BCUT2D eigenvalue weighted by Gasteiger charge is -2.10. The van der Waals surface area contributed by atoms with Crippen LogP contribution in [0, 0.1) is 10.5 Å². The standard InChI is InChI=1S/C31H23Cl2IN4O2S/c1-19-2-11-25(12-3-19)36-31-37-28(18-41-31)21-5-7-22(8-6-21)30(39)38-35-16-20-4-13-29(27(34)14-20)40-17-23-9-10-24(32)15-26(23)33/h2-16,18H,17H2,1H3,(H,36,37)(H,38,39)/b35-16-. The molecule has 206 valence electrons. The number of aryl methyl sites for hydroxylation is 1. The number of halogens is 3. The smallest absolute Gasteiger partial charge is 0.271 e. The molecule has 1 amide bonds. The molecule has 10 heteroatoms. The largest absolute Gasteiger partial charge is 0.488 e. The minimum atomic E-state index is -0.303. The first-order valence-electron chi connectivity index (χ1n) is 12.4. The van der Waals surface area contributed by atoms with E-state index >= 15 is 0 Å². The van der Waals surface area contributed by atoms with Gasteiger partial charge in [-0.25, -0.2) is 10.4 Å². The number of hydrazone groups is 1. The van der Waals surface area contributed by atoms with E-state index < -0.39 is 0 Å². The Morgan fingerprint density at radius 3 is 2.54 bits per heavy atom. The average Bonchev–Trinajstić information content (AvgIpc) is 3.43. The van der Waals surface area contributed by atoms with Gasteiger partial charge in [0.2, 0.25) is 0 Å². The predicted molar refractivity (Wildman–Crippen MR) is 177 cm³/mol. The zero-order chi connectivity index (χ0) is 28.8. The molecular formula is C31H23Cl2IN4O2S. The zero-order valence-corrected chi connectivity index (χ0v) is 26.2. The van der Waals surface area contributed by atoms with Gasteiger partial charge in [-0.3, -0.25) is 4.79 Å². The number of carbonyl (C=O) groups is 1. The van der Waals surface area contributed by atoms with Crippen LogP contribution in [0.2, 0.25) is 10.0 Å². The summed E-state index contributed by atoms with van der Waals surface area (Å²) in [6.07, 6.45) is 1.59. The Morgan fingerprint density at radius 1 is 1.02 bits per heavy atom. The van der Waals surface area contributed by atoms with Gasteiger partial charge in [0.25, 0.3) is 5.91 Å². The lowest BCUT2D eigenvalue weighted by Crippen LogP contribution is -2.17. The van der Waals surface area contributed by atoms with Crippen LogP contribution in [-0.2, 0) is 6.61 Å². The lowest BCUT2D eigenvalue weighted by atomic mass is 10.1. The fraction of sp³-hybridized carbons (Fsp3) is 0.0645. The van der Waals surface area contributed by atoms with Gasteiger partial charge in [-0.05, 0) is 89.7 Å². The number of anilines is 2. The summed E-state index contributed by atoms with van der Waals surface area (Å²) in [7, 11) is 0. The number of hydrogen-bond acceptors (Lipinski definition) is 6. The molecule has 2 N–H and O–H groups in total. The second-order valence-electron chi connectivity index (χ2n) is 9.02. The zero-order valence-electron chi connectivity index (χ0n) is 21.7. The normalized spacial score (nSPS) is 11.0. The third-order valence-corrected chi connectivity index (χ3v) is 8.17. The minimum absolute atomic E-state index is 0.303. The van der Waals surface area contributed by atoms with Crippen molar-refractivity contribution in [1.82, 2.24) is 10.4 Å². The van der Waals surface area contributed by atoms with Gasteiger partial charge in [0.1, 0.15) is 12.4 Å². The van der Waals surface area contributed by atoms with Gasteiger partial charge < -0.3 is 10.1 Å². The van der Waals surface area contributed by atoms with Gasteiger partial charge in [-0.15, -0.1) is 11.3 Å². The molecule has 1 heterocycles. The summed E-state index contributed by atoms with van der Waals surface area (Å²) in [5, 5.41) is 11.4. The van der Waals surface area contributed by atoms with Crippen LogP contribution in [0.15, 0.2) is 95.4 Å². The van der Waals surface area contributed by atoms with E-state index in [0.29, 0.717) is 22.2 Å². The van der Waals surface area contributed by atoms with E-state index in [1.165, 1.54) is 16.9 Å². The molecule has 5 aromatic rings. The van der Waals surface area contributed by atoms with E-state index in [1.807, 2.05) is 53.9 Å². The Morgan fingerprint density at radius 2 is 1.80 bits per heavy atom. The molecule has 0 atom stereocenters. The summed E-state index contributed by atoms with van der Waals surface area (Å²) in [5.74, 6) is 0.415. The number of nitrogens with one attached hydrogen (secondary N) is 2. The van der Waals surface area contributed by atoms with Crippen LogP contribution >= 0.6 is 57.1 Å². The van der Waals surface area contributed by atoms with E-state index in [2.05, 4.69) is 62.5 Å². The lowest BCUT2D eigenvalue weighted by molar-refractivity contribution is 0.0955. The van der Waals surface area contributed by atoms with Crippen LogP contribution in [0.1, 0.15) is 27.0 Å².